The molecule has 7 heteroatoms. The summed E-state index contributed by atoms with van der Waals surface area (Å²) in [5.74, 6) is 1.74. The van der Waals surface area contributed by atoms with Crippen LogP contribution in [0.3, 0.4) is 0 Å². The highest BCUT2D eigenvalue weighted by Crippen LogP contribution is 2.34. The van der Waals surface area contributed by atoms with Crippen molar-refractivity contribution in [1.29, 1.82) is 0 Å². The molecule has 1 aliphatic rings. The zero-order valence-electron chi connectivity index (χ0n) is 17.2. The number of aromatic nitrogens is 2. The maximum atomic E-state index is 13.7. The Morgan fingerprint density at radius 2 is 2.03 bits per heavy atom. The van der Waals surface area contributed by atoms with Crippen molar-refractivity contribution in [2.75, 3.05) is 26.0 Å². The fraction of sp³-hybridized carbons (Fsp3) is 0.455. The van der Waals surface area contributed by atoms with Gasteiger partial charge in [0.05, 0.1) is 18.2 Å². The normalized spacial score (nSPS) is 14.3. The molecular formula is C22H27N3O2S2. The first-order valence-electron chi connectivity index (χ1n) is 10.2. The second-order valence-electron chi connectivity index (χ2n) is 7.24. The Balaban J connectivity index is 1.87. The van der Waals surface area contributed by atoms with Gasteiger partial charge >= 0.3 is 0 Å². The number of hydrogen-bond acceptors (Lipinski definition) is 6. The van der Waals surface area contributed by atoms with Gasteiger partial charge < -0.3 is 4.74 Å². The topological polar surface area (TPSA) is 47.4 Å². The van der Waals surface area contributed by atoms with E-state index >= 15 is 0 Å². The Kier molecular flexibility index (Phi) is 6.27. The van der Waals surface area contributed by atoms with E-state index in [9.17, 15) is 4.79 Å². The van der Waals surface area contributed by atoms with Crippen molar-refractivity contribution in [2.45, 2.75) is 44.8 Å². The van der Waals surface area contributed by atoms with Crippen LogP contribution in [0, 0.1) is 0 Å². The van der Waals surface area contributed by atoms with E-state index in [1.807, 2.05) is 24.3 Å². The molecule has 0 radical (unpaired) electrons. The lowest BCUT2D eigenvalue weighted by molar-refractivity contribution is 0.272. The highest BCUT2D eigenvalue weighted by Gasteiger charge is 2.25. The number of methoxy groups -OCH3 is 1. The van der Waals surface area contributed by atoms with Crippen LogP contribution in [-0.2, 0) is 13.0 Å². The van der Waals surface area contributed by atoms with Crippen molar-refractivity contribution < 1.29 is 4.74 Å². The van der Waals surface area contributed by atoms with Gasteiger partial charge in [-0.05, 0) is 49.2 Å². The fourth-order valence-electron chi connectivity index (χ4n) is 3.71. The molecule has 154 valence electrons. The molecule has 0 saturated carbocycles. The molecule has 0 bridgehead atoms. The van der Waals surface area contributed by atoms with Crippen LogP contribution in [-0.4, -0.2) is 40.4 Å². The number of fused-ring (bicyclic) bond motifs is 3. The molecule has 3 aromatic rings. The second kappa shape index (κ2) is 8.90. The van der Waals surface area contributed by atoms with E-state index in [2.05, 4.69) is 18.7 Å². The summed E-state index contributed by atoms with van der Waals surface area (Å²) in [7, 11) is 1.65. The third kappa shape index (κ3) is 3.96. The monoisotopic (exact) mass is 429 g/mol. The van der Waals surface area contributed by atoms with E-state index in [1.54, 1.807) is 34.8 Å². The number of hydrogen-bond donors (Lipinski definition) is 0. The van der Waals surface area contributed by atoms with Gasteiger partial charge in [-0.1, -0.05) is 32.0 Å². The van der Waals surface area contributed by atoms with E-state index in [-0.39, 0.29) is 5.56 Å². The van der Waals surface area contributed by atoms with Gasteiger partial charge in [0.15, 0.2) is 5.16 Å². The Morgan fingerprint density at radius 3 is 2.72 bits per heavy atom. The number of benzene rings is 1. The molecule has 0 atom stereocenters. The Morgan fingerprint density at radius 1 is 1.24 bits per heavy atom. The molecule has 0 amide bonds. The molecule has 1 aromatic carbocycles. The zero-order valence-corrected chi connectivity index (χ0v) is 18.9. The Bertz CT molecular complexity index is 1060. The quantitative estimate of drug-likeness (QED) is 0.309. The van der Waals surface area contributed by atoms with E-state index in [0.717, 1.165) is 71.5 Å². The standard InChI is InChI=1S/C22H27N3O2S2/c1-4-6-13-28-22-23-20-19(17-11-12-24(5-2)14-18(17)29-20)21(26)25(22)15-7-9-16(27-3)10-8-15/h7-10H,4-6,11-14H2,1-3H3. The number of likely N-dealkylation sites (N-methyl/N-ethyl adjacent to an activating group) is 1. The molecule has 29 heavy (non-hydrogen) atoms. The molecule has 4 rings (SSSR count). The summed E-state index contributed by atoms with van der Waals surface area (Å²) < 4.78 is 7.08. The zero-order chi connectivity index (χ0) is 20.4. The summed E-state index contributed by atoms with van der Waals surface area (Å²) in [6, 6.07) is 7.67. The molecule has 1 aliphatic heterocycles. The molecule has 0 unspecified atom stereocenters. The average Bonchev–Trinajstić information content (AvgIpc) is 3.12. The predicted octanol–water partition coefficient (Wildman–Crippen LogP) is 4.73. The maximum Gasteiger partial charge on any atom is 0.267 e. The summed E-state index contributed by atoms with van der Waals surface area (Å²) >= 11 is 3.37. The lowest BCUT2D eigenvalue weighted by atomic mass is 10.1. The van der Waals surface area contributed by atoms with Crippen LogP contribution in [0.25, 0.3) is 15.9 Å². The minimum absolute atomic E-state index is 0.0570. The predicted molar refractivity (Wildman–Crippen MR) is 122 cm³/mol. The van der Waals surface area contributed by atoms with Crippen molar-refractivity contribution in [3.8, 4) is 11.4 Å². The minimum Gasteiger partial charge on any atom is -0.497 e. The second-order valence-corrected chi connectivity index (χ2v) is 9.38. The van der Waals surface area contributed by atoms with Gasteiger partial charge in [0.25, 0.3) is 5.56 Å². The first-order chi connectivity index (χ1) is 14.2. The highest BCUT2D eigenvalue weighted by molar-refractivity contribution is 7.99. The van der Waals surface area contributed by atoms with Crippen LogP contribution in [0.2, 0.25) is 0 Å². The van der Waals surface area contributed by atoms with Gasteiger partial charge in [-0.15, -0.1) is 11.3 Å². The van der Waals surface area contributed by atoms with Crippen LogP contribution in [0.15, 0.2) is 34.2 Å². The molecule has 0 spiro atoms. The summed E-state index contributed by atoms with van der Waals surface area (Å²) in [5, 5.41) is 1.60. The van der Waals surface area contributed by atoms with Gasteiger partial charge in [0, 0.05) is 23.7 Å². The average molecular weight is 430 g/mol. The third-order valence-corrected chi connectivity index (χ3v) is 7.57. The highest BCUT2D eigenvalue weighted by atomic mass is 32.2. The number of rotatable bonds is 7. The largest absolute Gasteiger partial charge is 0.497 e. The smallest absolute Gasteiger partial charge is 0.267 e. The van der Waals surface area contributed by atoms with Gasteiger partial charge in [-0.25, -0.2) is 4.98 Å². The summed E-state index contributed by atoms with van der Waals surface area (Å²) in [6.07, 6.45) is 3.15. The van der Waals surface area contributed by atoms with Crippen LogP contribution in [0.1, 0.15) is 37.1 Å². The van der Waals surface area contributed by atoms with Crippen LogP contribution in [0.4, 0.5) is 0 Å². The van der Waals surface area contributed by atoms with Gasteiger partial charge in [-0.2, -0.15) is 0 Å². The SMILES string of the molecule is CCCCSc1nc2sc3c(c2c(=O)n1-c1ccc(OC)cc1)CCN(CC)C3. The molecule has 5 nitrogen and oxygen atoms in total. The van der Waals surface area contributed by atoms with E-state index < -0.39 is 0 Å². The Labute approximate surface area is 179 Å². The number of thiophene rings is 1. The van der Waals surface area contributed by atoms with E-state index in [0.29, 0.717) is 0 Å². The summed E-state index contributed by atoms with van der Waals surface area (Å²) in [6.45, 7) is 7.34. The molecule has 0 aliphatic carbocycles. The van der Waals surface area contributed by atoms with Crippen LogP contribution < -0.4 is 10.3 Å². The maximum absolute atomic E-state index is 13.7. The van der Waals surface area contributed by atoms with Gasteiger partial charge in [-0.3, -0.25) is 14.3 Å². The van der Waals surface area contributed by atoms with Crippen molar-refractivity contribution in [3.63, 3.8) is 0 Å². The number of unbranched alkanes of at least 4 members (excludes halogenated alkanes) is 1. The number of ether oxygens (including phenoxy) is 1. The summed E-state index contributed by atoms with van der Waals surface area (Å²) in [5.41, 5.74) is 2.11. The van der Waals surface area contributed by atoms with Gasteiger partial charge in [0.2, 0.25) is 0 Å². The van der Waals surface area contributed by atoms with Crippen molar-refractivity contribution in [2.24, 2.45) is 0 Å². The van der Waals surface area contributed by atoms with E-state index in [1.165, 1.54) is 10.4 Å². The summed E-state index contributed by atoms with van der Waals surface area (Å²) in [4.78, 5) is 23.3. The Hall–Kier alpha value is -1.83. The lowest BCUT2D eigenvalue weighted by Gasteiger charge is -2.25. The van der Waals surface area contributed by atoms with E-state index in [4.69, 9.17) is 9.72 Å². The van der Waals surface area contributed by atoms with Crippen molar-refractivity contribution >= 4 is 33.3 Å². The van der Waals surface area contributed by atoms with Crippen molar-refractivity contribution in [1.82, 2.24) is 14.5 Å². The molecular weight excluding hydrogens is 402 g/mol. The fourth-order valence-corrected chi connectivity index (χ4v) is 6.11. The molecule has 2 aromatic heterocycles. The van der Waals surface area contributed by atoms with Crippen LogP contribution >= 0.6 is 23.1 Å². The molecule has 0 fully saturated rings. The first-order valence-corrected chi connectivity index (χ1v) is 12.0. The number of nitrogens with zero attached hydrogens (tertiary/aromatic N) is 3. The molecule has 0 N–H and O–H groups in total. The molecule has 3 heterocycles. The van der Waals surface area contributed by atoms with Gasteiger partial charge in [0.1, 0.15) is 10.6 Å². The first kappa shape index (κ1) is 20.4. The lowest BCUT2D eigenvalue weighted by Crippen LogP contribution is -2.30. The third-order valence-electron chi connectivity index (χ3n) is 5.43. The molecule has 0 saturated heterocycles. The van der Waals surface area contributed by atoms with Crippen LogP contribution in [0.5, 0.6) is 5.75 Å². The number of thioether (sulfide) groups is 1. The van der Waals surface area contributed by atoms with Crippen molar-refractivity contribution in [3.05, 3.63) is 45.1 Å². The minimum atomic E-state index is 0.0570.